The standard InChI is InChI=1S/C11H13BrFNO/c1-6-8(13)4-7(12)10(15)9(6)11(5-14)2-3-11/h4,15H,2-3,5,14H2,1H3. The maximum Gasteiger partial charge on any atom is 0.134 e. The highest BCUT2D eigenvalue weighted by Gasteiger charge is 2.46. The third kappa shape index (κ3) is 1.56. The highest BCUT2D eigenvalue weighted by Crippen LogP contribution is 2.53. The summed E-state index contributed by atoms with van der Waals surface area (Å²) in [6, 6.07) is 1.29. The summed E-state index contributed by atoms with van der Waals surface area (Å²) in [6.07, 6.45) is 1.85. The van der Waals surface area contributed by atoms with E-state index in [1.54, 1.807) is 6.92 Å². The van der Waals surface area contributed by atoms with Crippen molar-refractivity contribution >= 4 is 15.9 Å². The van der Waals surface area contributed by atoms with Gasteiger partial charge >= 0.3 is 0 Å². The van der Waals surface area contributed by atoms with E-state index in [-0.39, 0.29) is 17.0 Å². The number of hydrogen-bond donors (Lipinski definition) is 2. The molecule has 2 nitrogen and oxygen atoms in total. The topological polar surface area (TPSA) is 46.2 Å². The van der Waals surface area contributed by atoms with E-state index in [2.05, 4.69) is 15.9 Å². The van der Waals surface area contributed by atoms with Crippen LogP contribution in [0.4, 0.5) is 4.39 Å². The Morgan fingerprint density at radius 1 is 1.60 bits per heavy atom. The van der Waals surface area contributed by atoms with Crippen molar-refractivity contribution in [1.29, 1.82) is 0 Å². The molecule has 1 aromatic rings. The van der Waals surface area contributed by atoms with Gasteiger partial charge in [0, 0.05) is 17.5 Å². The number of benzene rings is 1. The molecule has 4 heteroatoms. The molecule has 0 unspecified atom stereocenters. The number of rotatable bonds is 2. The molecule has 3 N–H and O–H groups in total. The van der Waals surface area contributed by atoms with Gasteiger partial charge in [-0.2, -0.15) is 0 Å². The Kier molecular flexibility index (Phi) is 2.51. The predicted molar refractivity (Wildman–Crippen MR) is 60.5 cm³/mol. The summed E-state index contributed by atoms with van der Waals surface area (Å²) in [7, 11) is 0. The Balaban J connectivity index is 2.64. The second-order valence-electron chi connectivity index (χ2n) is 4.17. The molecule has 0 bridgehead atoms. The van der Waals surface area contributed by atoms with Gasteiger partial charge in [0.2, 0.25) is 0 Å². The molecule has 1 saturated carbocycles. The number of aromatic hydroxyl groups is 1. The minimum Gasteiger partial charge on any atom is -0.506 e. The van der Waals surface area contributed by atoms with Crippen LogP contribution >= 0.6 is 15.9 Å². The van der Waals surface area contributed by atoms with Gasteiger partial charge in [-0.1, -0.05) is 0 Å². The van der Waals surface area contributed by atoms with Crippen LogP contribution in [0.25, 0.3) is 0 Å². The van der Waals surface area contributed by atoms with Crippen molar-refractivity contribution in [3.05, 3.63) is 27.5 Å². The normalized spacial score (nSPS) is 17.9. The van der Waals surface area contributed by atoms with Gasteiger partial charge in [-0.15, -0.1) is 0 Å². The van der Waals surface area contributed by atoms with Crippen molar-refractivity contribution in [2.24, 2.45) is 5.73 Å². The molecule has 2 rings (SSSR count). The van der Waals surface area contributed by atoms with Crippen LogP contribution in [0.1, 0.15) is 24.0 Å². The molecule has 15 heavy (non-hydrogen) atoms. The van der Waals surface area contributed by atoms with Crippen molar-refractivity contribution in [3.8, 4) is 5.75 Å². The first-order valence-electron chi connectivity index (χ1n) is 4.90. The zero-order chi connectivity index (χ0) is 11.2. The Bertz CT molecular complexity index is 389. The molecule has 0 saturated heterocycles. The molecular weight excluding hydrogens is 261 g/mol. The monoisotopic (exact) mass is 273 g/mol. The summed E-state index contributed by atoms with van der Waals surface area (Å²) < 4.78 is 13.9. The average Bonchev–Trinajstić information content (AvgIpc) is 2.96. The van der Waals surface area contributed by atoms with E-state index in [0.717, 1.165) is 12.8 Å². The van der Waals surface area contributed by atoms with Crippen molar-refractivity contribution in [2.45, 2.75) is 25.2 Å². The molecular formula is C11H13BrFNO. The lowest BCUT2D eigenvalue weighted by Gasteiger charge is -2.19. The van der Waals surface area contributed by atoms with Crippen LogP contribution < -0.4 is 5.73 Å². The molecule has 1 aliphatic rings. The van der Waals surface area contributed by atoms with Gasteiger partial charge in [-0.05, 0) is 47.3 Å². The van der Waals surface area contributed by atoms with E-state index in [9.17, 15) is 9.50 Å². The van der Waals surface area contributed by atoms with Crippen molar-refractivity contribution in [1.82, 2.24) is 0 Å². The highest BCUT2D eigenvalue weighted by molar-refractivity contribution is 9.10. The van der Waals surface area contributed by atoms with Crippen LogP contribution in [0.2, 0.25) is 0 Å². The van der Waals surface area contributed by atoms with Crippen LogP contribution in [-0.4, -0.2) is 11.7 Å². The lowest BCUT2D eigenvalue weighted by molar-refractivity contribution is 0.450. The second kappa shape index (κ2) is 3.46. The first-order valence-corrected chi connectivity index (χ1v) is 5.69. The third-order valence-corrected chi connectivity index (χ3v) is 3.83. The first kappa shape index (κ1) is 10.9. The Morgan fingerprint density at radius 3 is 2.67 bits per heavy atom. The molecule has 0 atom stereocenters. The number of phenolic OH excluding ortho intramolecular Hbond substituents is 1. The SMILES string of the molecule is Cc1c(F)cc(Br)c(O)c1C1(CN)CC1. The maximum atomic E-state index is 13.5. The lowest BCUT2D eigenvalue weighted by atomic mass is 9.91. The van der Waals surface area contributed by atoms with E-state index in [1.807, 2.05) is 0 Å². The lowest BCUT2D eigenvalue weighted by Crippen LogP contribution is -2.21. The fraction of sp³-hybridized carbons (Fsp3) is 0.455. The Labute approximate surface area is 96.4 Å². The van der Waals surface area contributed by atoms with E-state index >= 15 is 0 Å². The number of hydrogen-bond acceptors (Lipinski definition) is 2. The molecule has 0 amide bonds. The van der Waals surface area contributed by atoms with Gasteiger partial charge in [-0.3, -0.25) is 0 Å². The Morgan fingerprint density at radius 2 is 2.20 bits per heavy atom. The van der Waals surface area contributed by atoms with Crippen molar-refractivity contribution < 1.29 is 9.50 Å². The van der Waals surface area contributed by atoms with Crippen LogP contribution in [0.5, 0.6) is 5.75 Å². The van der Waals surface area contributed by atoms with Gasteiger partial charge in [0.1, 0.15) is 11.6 Å². The van der Waals surface area contributed by atoms with E-state index in [1.165, 1.54) is 6.07 Å². The average molecular weight is 274 g/mol. The summed E-state index contributed by atoms with van der Waals surface area (Å²) in [6.45, 7) is 2.14. The second-order valence-corrected chi connectivity index (χ2v) is 5.03. The molecule has 0 aromatic heterocycles. The quantitative estimate of drug-likeness (QED) is 0.870. The predicted octanol–water partition coefficient (Wildman–Crippen LogP) is 2.59. The van der Waals surface area contributed by atoms with Crippen LogP contribution in [0, 0.1) is 12.7 Å². The minimum atomic E-state index is -0.297. The molecule has 82 valence electrons. The summed E-state index contributed by atoms with van der Waals surface area (Å²) in [5, 5.41) is 9.94. The van der Waals surface area contributed by atoms with E-state index in [0.29, 0.717) is 22.1 Å². The smallest absolute Gasteiger partial charge is 0.134 e. The molecule has 1 aliphatic carbocycles. The van der Waals surface area contributed by atoms with Crippen molar-refractivity contribution in [2.75, 3.05) is 6.54 Å². The Hall–Kier alpha value is -0.610. The fourth-order valence-electron chi connectivity index (χ4n) is 2.06. The molecule has 1 fully saturated rings. The number of phenols is 1. The van der Waals surface area contributed by atoms with Gasteiger partial charge in [-0.25, -0.2) is 4.39 Å². The van der Waals surface area contributed by atoms with Crippen molar-refractivity contribution in [3.63, 3.8) is 0 Å². The first-order chi connectivity index (χ1) is 7.02. The fourth-order valence-corrected chi connectivity index (χ4v) is 2.46. The van der Waals surface area contributed by atoms with Gasteiger partial charge in [0.15, 0.2) is 0 Å². The van der Waals surface area contributed by atoms with Gasteiger partial charge in [0.05, 0.1) is 4.47 Å². The molecule has 0 aliphatic heterocycles. The zero-order valence-electron chi connectivity index (χ0n) is 8.48. The number of halogens is 2. The maximum absolute atomic E-state index is 13.5. The van der Waals surface area contributed by atoms with E-state index in [4.69, 9.17) is 5.73 Å². The summed E-state index contributed by atoms with van der Waals surface area (Å²) in [5.74, 6) is -0.161. The minimum absolute atomic E-state index is 0.136. The van der Waals surface area contributed by atoms with Gasteiger partial charge in [0.25, 0.3) is 0 Å². The molecule has 0 radical (unpaired) electrons. The zero-order valence-corrected chi connectivity index (χ0v) is 10.1. The molecule has 0 spiro atoms. The summed E-state index contributed by atoms with van der Waals surface area (Å²) in [4.78, 5) is 0. The van der Waals surface area contributed by atoms with Gasteiger partial charge < -0.3 is 10.8 Å². The molecule has 1 aromatic carbocycles. The summed E-state index contributed by atoms with van der Waals surface area (Å²) >= 11 is 3.15. The third-order valence-electron chi connectivity index (χ3n) is 3.22. The van der Waals surface area contributed by atoms with Crippen LogP contribution in [0.3, 0.4) is 0 Å². The van der Waals surface area contributed by atoms with Crippen LogP contribution in [-0.2, 0) is 5.41 Å². The number of nitrogens with two attached hydrogens (primary N) is 1. The highest BCUT2D eigenvalue weighted by atomic mass is 79.9. The summed E-state index contributed by atoms with van der Waals surface area (Å²) in [5.41, 5.74) is 6.68. The van der Waals surface area contributed by atoms with E-state index < -0.39 is 0 Å². The molecule has 0 heterocycles. The van der Waals surface area contributed by atoms with Crippen LogP contribution in [0.15, 0.2) is 10.5 Å². The largest absolute Gasteiger partial charge is 0.506 e.